The Bertz CT molecular complexity index is 319. The average Bonchev–Trinajstić information content (AvgIpc) is 2.42. The summed E-state index contributed by atoms with van der Waals surface area (Å²) in [6.07, 6.45) is 6.53. The van der Waals surface area contributed by atoms with Crippen molar-refractivity contribution in [3.05, 3.63) is 12.7 Å². The molecule has 0 heterocycles. The number of hydrogen-bond acceptors (Lipinski definition) is 2. The molecule has 0 rings (SSSR count). The van der Waals surface area contributed by atoms with Gasteiger partial charge in [-0.05, 0) is 26.2 Å². The minimum absolute atomic E-state index is 0. The van der Waals surface area contributed by atoms with Crippen molar-refractivity contribution in [1.29, 1.82) is 0 Å². The molecule has 0 fully saturated rings. The molecule has 0 aliphatic heterocycles. The van der Waals surface area contributed by atoms with Gasteiger partial charge >= 0.3 is 0 Å². The zero-order valence-electron chi connectivity index (χ0n) is 13.9. The largest absolute Gasteiger partial charge is 0.357 e. The predicted molar refractivity (Wildman–Crippen MR) is 101 cm³/mol. The number of nitrogens with zero attached hydrogens (tertiary/aromatic N) is 3. The monoisotopic (exact) mass is 410 g/mol. The Morgan fingerprint density at radius 1 is 1.24 bits per heavy atom. The van der Waals surface area contributed by atoms with Crippen LogP contribution in [0.4, 0.5) is 0 Å². The first-order chi connectivity index (χ1) is 9.52. The van der Waals surface area contributed by atoms with E-state index >= 15 is 0 Å². The maximum atomic E-state index is 11.6. The molecule has 0 saturated heterocycles. The van der Waals surface area contributed by atoms with Gasteiger partial charge in [0.1, 0.15) is 6.54 Å². The van der Waals surface area contributed by atoms with Gasteiger partial charge in [-0.25, -0.2) is 4.99 Å². The summed E-state index contributed by atoms with van der Waals surface area (Å²) in [5.74, 6) is 0.811. The second-order valence-electron chi connectivity index (χ2n) is 5.02. The number of amides is 1. The molecule has 0 aromatic heterocycles. The molecule has 0 aliphatic carbocycles. The fourth-order valence-electron chi connectivity index (χ4n) is 1.67. The molecule has 0 unspecified atom stereocenters. The average molecular weight is 410 g/mol. The highest BCUT2D eigenvalue weighted by molar-refractivity contribution is 14.0. The van der Waals surface area contributed by atoms with E-state index in [1.165, 1.54) is 12.8 Å². The van der Waals surface area contributed by atoms with Gasteiger partial charge in [0, 0.05) is 34.2 Å². The lowest BCUT2D eigenvalue weighted by Gasteiger charge is -2.22. The highest BCUT2D eigenvalue weighted by Crippen LogP contribution is 2.01. The zero-order valence-corrected chi connectivity index (χ0v) is 16.2. The van der Waals surface area contributed by atoms with Crippen molar-refractivity contribution in [3.63, 3.8) is 0 Å². The quantitative estimate of drug-likeness (QED) is 0.209. The third-order valence-corrected chi connectivity index (χ3v) is 2.96. The summed E-state index contributed by atoms with van der Waals surface area (Å²) < 4.78 is 0. The number of nitrogens with one attached hydrogen (secondary N) is 1. The van der Waals surface area contributed by atoms with E-state index in [2.05, 4.69) is 21.8 Å². The Morgan fingerprint density at radius 3 is 2.43 bits per heavy atom. The highest BCUT2D eigenvalue weighted by Gasteiger charge is 2.07. The summed E-state index contributed by atoms with van der Waals surface area (Å²) in [5, 5.41) is 3.22. The lowest BCUT2D eigenvalue weighted by atomic mass is 10.2. The van der Waals surface area contributed by atoms with Crippen molar-refractivity contribution in [1.82, 2.24) is 15.1 Å². The lowest BCUT2D eigenvalue weighted by Crippen LogP contribution is -2.40. The van der Waals surface area contributed by atoms with Gasteiger partial charge in [-0.2, -0.15) is 0 Å². The van der Waals surface area contributed by atoms with E-state index in [4.69, 9.17) is 0 Å². The molecule has 1 N–H and O–H groups in total. The third-order valence-electron chi connectivity index (χ3n) is 2.96. The lowest BCUT2D eigenvalue weighted by molar-refractivity contribution is -0.127. The Morgan fingerprint density at radius 2 is 1.90 bits per heavy atom. The summed E-state index contributed by atoms with van der Waals surface area (Å²) in [5.41, 5.74) is 0. The second kappa shape index (κ2) is 14.2. The summed E-state index contributed by atoms with van der Waals surface area (Å²) in [6, 6.07) is 0. The van der Waals surface area contributed by atoms with Gasteiger partial charge < -0.3 is 15.1 Å². The van der Waals surface area contributed by atoms with Crippen LogP contribution in [-0.2, 0) is 4.79 Å². The normalized spacial score (nSPS) is 10.6. The van der Waals surface area contributed by atoms with Crippen molar-refractivity contribution < 1.29 is 4.79 Å². The van der Waals surface area contributed by atoms with Crippen molar-refractivity contribution in [3.8, 4) is 0 Å². The first-order valence-electron chi connectivity index (χ1n) is 7.33. The first kappa shape index (κ1) is 22.5. The third kappa shape index (κ3) is 11.5. The van der Waals surface area contributed by atoms with E-state index in [1.54, 1.807) is 19.0 Å². The van der Waals surface area contributed by atoms with Gasteiger partial charge in [-0.1, -0.05) is 12.5 Å². The molecular formula is C15H31IN4O. The van der Waals surface area contributed by atoms with Crippen molar-refractivity contribution in [2.45, 2.75) is 32.6 Å². The van der Waals surface area contributed by atoms with E-state index < -0.39 is 0 Å². The fraction of sp³-hybridized carbons (Fsp3) is 0.733. The second-order valence-corrected chi connectivity index (χ2v) is 5.02. The number of unbranched alkanes of at least 4 members (excludes halogenated alkanes) is 3. The molecule has 0 aromatic rings. The topological polar surface area (TPSA) is 47.9 Å². The van der Waals surface area contributed by atoms with Crippen LogP contribution < -0.4 is 5.32 Å². The maximum Gasteiger partial charge on any atom is 0.243 e. The van der Waals surface area contributed by atoms with Crippen LogP contribution in [-0.4, -0.2) is 62.4 Å². The number of allylic oxidation sites excluding steroid dienone is 1. The molecule has 0 aromatic carbocycles. The van der Waals surface area contributed by atoms with Crippen LogP contribution in [0.5, 0.6) is 0 Å². The summed E-state index contributed by atoms with van der Waals surface area (Å²) in [7, 11) is 5.50. The molecule has 0 atom stereocenters. The number of halogens is 1. The molecule has 21 heavy (non-hydrogen) atoms. The van der Waals surface area contributed by atoms with E-state index in [-0.39, 0.29) is 36.4 Å². The van der Waals surface area contributed by atoms with Crippen LogP contribution in [0.25, 0.3) is 0 Å². The Labute approximate surface area is 146 Å². The number of rotatable bonds is 9. The Hall–Kier alpha value is -0.790. The van der Waals surface area contributed by atoms with Crippen LogP contribution >= 0.6 is 24.0 Å². The molecule has 0 saturated carbocycles. The molecule has 5 nitrogen and oxygen atoms in total. The minimum atomic E-state index is 0. The first-order valence-corrected chi connectivity index (χ1v) is 7.33. The fourth-order valence-corrected chi connectivity index (χ4v) is 1.67. The summed E-state index contributed by atoms with van der Waals surface area (Å²) in [6.45, 7) is 7.69. The maximum absolute atomic E-state index is 11.6. The molecule has 6 heteroatoms. The van der Waals surface area contributed by atoms with Crippen LogP contribution in [0.2, 0.25) is 0 Å². The van der Waals surface area contributed by atoms with Crippen molar-refractivity contribution >= 4 is 35.8 Å². The molecule has 0 spiro atoms. The van der Waals surface area contributed by atoms with Gasteiger partial charge in [-0.15, -0.1) is 30.6 Å². The molecule has 124 valence electrons. The molecule has 0 radical (unpaired) electrons. The highest BCUT2D eigenvalue weighted by atomic mass is 127. The van der Waals surface area contributed by atoms with E-state index in [9.17, 15) is 4.79 Å². The summed E-state index contributed by atoms with van der Waals surface area (Å²) >= 11 is 0. The van der Waals surface area contributed by atoms with Gasteiger partial charge in [0.25, 0.3) is 0 Å². The van der Waals surface area contributed by atoms with E-state index in [1.807, 2.05) is 20.0 Å². The number of hydrogen-bond donors (Lipinski definition) is 1. The van der Waals surface area contributed by atoms with E-state index in [0.29, 0.717) is 0 Å². The number of carbonyl (C=O) groups is 1. The Balaban J connectivity index is 0. The van der Waals surface area contributed by atoms with Gasteiger partial charge in [-0.3, -0.25) is 4.79 Å². The zero-order chi connectivity index (χ0) is 15.4. The van der Waals surface area contributed by atoms with Crippen LogP contribution in [0, 0.1) is 0 Å². The number of carbonyl (C=O) groups excluding carboxylic acids is 1. The molecular weight excluding hydrogens is 379 g/mol. The van der Waals surface area contributed by atoms with Gasteiger partial charge in [0.2, 0.25) is 5.91 Å². The molecule has 0 aliphatic rings. The van der Waals surface area contributed by atoms with Gasteiger partial charge in [0.15, 0.2) is 5.96 Å². The minimum Gasteiger partial charge on any atom is -0.357 e. The van der Waals surface area contributed by atoms with Crippen LogP contribution in [0.3, 0.4) is 0 Å². The summed E-state index contributed by atoms with van der Waals surface area (Å²) in [4.78, 5) is 19.6. The van der Waals surface area contributed by atoms with Crippen molar-refractivity contribution in [2.75, 3.05) is 40.8 Å². The van der Waals surface area contributed by atoms with Gasteiger partial charge in [0.05, 0.1) is 0 Å². The van der Waals surface area contributed by atoms with Crippen molar-refractivity contribution in [2.24, 2.45) is 4.99 Å². The van der Waals surface area contributed by atoms with Crippen LogP contribution in [0.15, 0.2) is 17.6 Å². The van der Waals surface area contributed by atoms with E-state index in [0.717, 1.165) is 31.9 Å². The van der Waals surface area contributed by atoms with Crippen LogP contribution in [0.1, 0.15) is 32.6 Å². The number of guanidine groups is 1. The molecule has 1 amide bonds. The predicted octanol–water partition coefficient (Wildman–Crippen LogP) is 2.34. The Kier molecular flexibility index (Phi) is 15.2. The SMILES string of the molecule is C=CCCCCCN(C)C(=NCC(=O)N(C)C)NCC.I. The smallest absolute Gasteiger partial charge is 0.243 e. The molecule has 0 bridgehead atoms. The number of likely N-dealkylation sites (N-methyl/N-ethyl adjacent to an activating group) is 1. The standard InChI is InChI=1S/C15H30N4O.HI/c1-6-8-9-10-11-12-19(5)15(16-7-2)17-13-14(20)18(3)4;/h6H,1,7-13H2,2-5H3,(H,16,17);1H. The number of aliphatic imine (C=N–C) groups is 1.